The van der Waals surface area contributed by atoms with Gasteiger partial charge in [-0.25, -0.2) is 4.39 Å². The fourth-order valence-corrected chi connectivity index (χ4v) is 3.01. The number of morpholine rings is 1. The van der Waals surface area contributed by atoms with Crippen molar-refractivity contribution in [2.45, 2.75) is 25.5 Å². The van der Waals surface area contributed by atoms with Crippen molar-refractivity contribution < 1.29 is 13.9 Å². The number of aryl methyl sites for hydroxylation is 1. The first-order valence-corrected chi connectivity index (χ1v) is 8.83. The van der Waals surface area contributed by atoms with E-state index in [0.717, 1.165) is 11.3 Å². The lowest BCUT2D eigenvalue weighted by Crippen LogP contribution is -2.49. The number of benzene rings is 1. The fraction of sp³-hybridized carbons (Fsp3) is 0.562. The van der Waals surface area contributed by atoms with E-state index >= 15 is 0 Å². The summed E-state index contributed by atoms with van der Waals surface area (Å²) in [6.45, 7) is 3.23. The summed E-state index contributed by atoms with van der Waals surface area (Å²) in [5.74, 6) is 0.616. The van der Waals surface area contributed by atoms with Gasteiger partial charge in [0, 0.05) is 6.54 Å². The zero-order valence-corrected chi connectivity index (χ0v) is 13.9. The molecule has 0 aliphatic carbocycles. The molecule has 1 aromatic carbocycles. The molecular formula is C16H23FN2O2S. The summed E-state index contributed by atoms with van der Waals surface area (Å²) in [6, 6.07) is 4.48. The number of carbonyl (C=O) groups excluding carboxylic acids is 1. The van der Waals surface area contributed by atoms with Crippen molar-refractivity contribution in [2.75, 3.05) is 31.7 Å². The van der Waals surface area contributed by atoms with Crippen LogP contribution in [0.3, 0.4) is 0 Å². The number of thioether (sulfide) groups is 1. The molecule has 22 heavy (non-hydrogen) atoms. The first-order chi connectivity index (χ1) is 10.5. The molecule has 1 heterocycles. The second kappa shape index (κ2) is 7.94. The largest absolute Gasteiger partial charge is 0.370 e. The van der Waals surface area contributed by atoms with Crippen molar-refractivity contribution in [1.82, 2.24) is 4.90 Å². The van der Waals surface area contributed by atoms with Crippen molar-refractivity contribution >= 4 is 17.7 Å². The van der Waals surface area contributed by atoms with Crippen molar-refractivity contribution in [3.05, 3.63) is 35.1 Å². The minimum Gasteiger partial charge on any atom is -0.370 e. The molecule has 2 rings (SSSR count). The maximum Gasteiger partial charge on any atom is 0.239 e. The number of amides is 1. The van der Waals surface area contributed by atoms with E-state index in [9.17, 15) is 9.18 Å². The van der Waals surface area contributed by atoms with Gasteiger partial charge in [-0.15, -0.1) is 0 Å². The monoisotopic (exact) mass is 326 g/mol. The molecule has 0 spiro atoms. The minimum absolute atomic E-state index is 0.0267. The standard InChI is InChI=1S/C16H23FN2O2S/c1-11-9-12(3-4-13(11)17)15-10-19(6-7-21-15)16(20)14(18)5-8-22-2/h3-4,9,14-15H,5-8,10,18H2,1-2H3/t14-,15-/m0/s1. The highest BCUT2D eigenvalue weighted by Crippen LogP contribution is 2.24. The summed E-state index contributed by atoms with van der Waals surface area (Å²) in [4.78, 5) is 14.1. The molecule has 0 radical (unpaired) electrons. The highest BCUT2D eigenvalue weighted by atomic mass is 32.2. The number of ether oxygens (including phenoxy) is 1. The second-order valence-electron chi connectivity index (χ2n) is 5.54. The molecule has 1 amide bonds. The lowest BCUT2D eigenvalue weighted by Gasteiger charge is -2.34. The molecule has 2 atom stereocenters. The molecule has 1 fully saturated rings. The van der Waals surface area contributed by atoms with E-state index in [1.165, 1.54) is 6.07 Å². The molecule has 122 valence electrons. The van der Waals surface area contributed by atoms with Crippen LogP contribution in [0.1, 0.15) is 23.7 Å². The highest BCUT2D eigenvalue weighted by molar-refractivity contribution is 7.98. The van der Waals surface area contributed by atoms with E-state index < -0.39 is 6.04 Å². The zero-order chi connectivity index (χ0) is 16.1. The van der Waals surface area contributed by atoms with E-state index in [-0.39, 0.29) is 17.8 Å². The molecule has 0 bridgehead atoms. The second-order valence-corrected chi connectivity index (χ2v) is 6.53. The number of rotatable bonds is 5. The quantitative estimate of drug-likeness (QED) is 0.900. The smallest absolute Gasteiger partial charge is 0.239 e. The Morgan fingerprint density at radius 3 is 3.05 bits per heavy atom. The van der Waals surface area contributed by atoms with Crippen LogP contribution in [0.4, 0.5) is 4.39 Å². The molecule has 1 saturated heterocycles. The summed E-state index contributed by atoms with van der Waals surface area (Å²) >= 11 is 1.68. The number of nitrogens with two attached hydrogens (primary N) is 1. The molecule has 1 aliphatic heterocycles. The molecule has 4 nitrogen and oxygen atoms in total. The van der Waals surface area contributed by atoms with Crippen LogP contribution in [-0.2, 0) is 9.53 Å². The molecule has 0 unspecified atom stereocenters. The molecule has 1 aliphatic rings. The molecule has 2 N–H and O–H groups in total. The lowest BCUT2D eigenvalue weighted by atomic mass is 10.0. The highest BCUT2D eigenvalue weighted by Gasteiger charge is 2.28. The summed E-state index contributed by atoms with van der Waals surface area (Å²) in [5.41, 5.74) is 7.45. The zero-order valence-electron chi connectivity index (χ0n) is 13.0. The van der Waals surface area contributed by atoms with Crippen LogP contribution in [0, 0.1) is 12.7 Å². The van der Waals surface area contributed by atoms with Gasteiger partial charge in [0.2, 0.25) is 5.91 Å². The van der Waals surface area contributed by atoms with Gasteiger partial charge in [-0.05, 0) is 42.5 Å². The Bertz CT molecular complexity index is 527. The Morgan fingerprint density at radius 2 is 2.36 bits per heavy atom. The first kappa shape index (κ1) is 17.2. The van der Waals surface area contributed by atoms with Gasteiger partial charge >= 0.3 is 0 Å². The van der Waals surface area contributed by atoms with Crippen LogP contribution in [0.15, 0.2) is 18.2 Å². The molecule has 0 aromatic heterocycles. The van der Waals surface area contributed by atoms with Gasteiger partial charge in [0.25, 0.3) is 0 Å². The van der Waals surface area contributed by atoms with Gasteiger partial charge in [-0.3, -0.25) is 4.79 Å². The van der Waals surface area contributed by atoms with Crippen molar-refractivity contribution in [2.24, 2.45) is 5.73 Å². The normalized spacial score (nSPS) is 20.0. The molecular weight excluding hydrogens is 303 g/mol. The number of nitrogens with zero attached hydrogens (tertiary/aromatic N) is 1. The third kappa shape index (κ3) is 4.21. The summed E-state index contributed by atoms with van der Waals surface area (Å²) in [6.07, 6.45) is 2.46. The van der Waals surface area contributed by atoms with E-state index in [2.05, 4.69) is 0 Å². The fourth-order valence-electron chi connectivity index (χ4n) is 2.52. The van der Waals surface area contributed by atoms with Crippen molar-refractivity contribution in [3.63, 3.8) is 0 Å². The van der Waals surface area contributed by atoms with Crippen LogP contribution in [0.2, 0.25) is 0 Å². The van der Waals surface area contributed by atoms with Crippen molar-refractivity contribution in [3.8, 4) is 0 Å². The van der Waals surface area contributed by atoms with Crippen LogP contribution in [-0.4, -0.2) is 48.6 Å². The van der Waals surface area contributed by atoms with Crippen LogP contribution >= 0.6 is 11.8 Å². The minimum atomic E-state index is -0.457. The maximum atomic E-state index is 13.4. The summed E-state index contributed by atoms with van der Waals surface area (Å²) in [7, 11) is 0. The third-order valence-electron chi connectivity index (χ3n) is 3.88. The third-order valence-corrected chi connectivity index (χ3v) is 4.53. The Labute approximate surface area is 135 Å². The number of carbonyl (C=O) groups is 1. The summed E-state index contributed by atoms with van der Waals surface area (Å²) < 4.78 is 19.1. The van der Waals surface area contributed by atoms with E-state index in [1.54, 1.807) is 35.7 Å². The Hall–Kier alpha value is -1.11. The number of halogens is 1. The predicted molar refractivity (Wildman–Crippen MR) is 87.4 cm³/mol. The van der Waals surface area contributed by atoms with Gasteiger partial charge in [-0.1, -0.05) is 12.1 Å². The van der Waals surface area contributed by atoms with Crippen LogP contribution < -0.4 is 5.73 Å². The average Bonchev–Trinajstić information content (AvgIpc) is 2.54. The number of hydrogen-bond donors (Lipinski definition) is 1. The SMILES string of the molecule is CSCC[C@H](N)C(=O)N1CCO[C@H](c2ccc(F)c(C)c2)C1. The maximum absolute atomic E-state index is 13.4. The molecule has 1 aromatic rings. The van der Waals surface area contributed by atoms with Gasteiger partial charge < -0.3 is 15.4 Å². The van der Waals surface area contributed by atoms with Crippen LogP contribution in [0.25, 0.3) is 0 Å². The van der Waals surface area contributed by atoms with E-state index in [4.69, 9.17) is 10.5 Å². The van der Waals surface area contributed by atoms with E-state index in [1.807, 2.05) is 6.26 Å². The van der Waals surface area contributed by atoms with E-state index in [0.29, 0.717) is 31.7 Å². The molecule has 0 saturated carbocycles. The van der Waals surface area contributed by atoms with Gasteiger partial charge in [0.05, 0.1) is 19.2 Å². The Morgan fingerprint density at radius 1 is 1.59 bits per heavy atom. The van der Waals surface area contributed by atoms with Gasteiger partial charge in [0.15, 0.2) is 0 Å². The predicted octanol–water partition coefficient (Wildman–Crippen LogP) is 2.11. The molecule has 6 heteroatoms. The summed E-state index contributed by atoms with van der Waals surface area (Å²) in [5, 5.41) is 0. The van der Waals surface area contributed by atoms with Crippen LogP contribution in [0.5, 0.6) is 0 Å². The van der Waals surface area contributed by atoms with Crippen molar-refractivity contribution in [1.29, 1.82) is 0 Å². The first-order valence-electron chi connectivity index (χ1n) is 7.44. The lowest BCUT2D eigenvalue weighted by molar-refractivity contribution is -0.140. The number of hydrogen-bond acceptors (Lipinski definition) is 4. The Kier molecular flexibility index (Phi) is 6.23. The topological polar surface area (TPSA) is 55.6 Å². The Balaban J connectivity index is 2.01. The average molecular weight is 326 g/mol. The van der Waals surface area contributed by atoms with Gasteiger partial charge in [-0.2, -0.15) is 11.8 Å². The van der Waals surface area contributed by atoms with Gasteiger partial charge in [0.1, 0.15) is 11.9 Å².